The van der Waals surface area contributed by atoms with Gasteiger partial charge in [0.1, 0.15) is 13.2 Å². The number of thiazole rings is 1. The molecule has 41 heavy (non-hydrogen) atoms. The summed E-state index contributed by atoms with van der Waals surface area (Å²) < 4.78 is 34.5. The fourth-order valence-electron chi connectivity index (χ4n) is 4.41. The smallest absolute Gasteiger partial charge is 0.338 e. The lowest BCUT2D eigenvalue weighted by atomic mass is 9.95. The molecular formula is C30H32N2O8S. The first-order valence-corrected chi connectivity index (χ1v) is 13.5. The van der Waals surface area contributed by atoms with E-state index in [0.29, 0.717) is 43.6 Å². The highest BCUT2D eigenvalue weighted by molar-refractivity contribution is 7.07. The van der Waals surface area contributed by atoms with Crippen molar-refractivity contribution in [1.82, 2.24) is 4.57 Å². The van der Waals surface area contributed by atoms with E-state index >= 15 is 0 Å². The lowest BCUT2D eigenvalue weighted by Crippen LogP contribution is -2.40. The number of carbonyl (C=O) groups excluding carboxylic acids is 1. The van der Waals surface area contributed by atoms with E-state index in [-0.39, 0.29) is 31.0 Å². The Kier molecular flexibility index (Phi) is 9.64. The Morgan fingerprint density at radius 2 is 1.71 bits per heavy atom. The van der Waals surface area contributed by atoms with E-state index < -0.39 is 12.0 Å². The molecular weight excluding hydrogens is 548 g/mol. The van der Waals surface area contributed by atoms with Gasteiger partial charge in [-0.05, 0) is 48.4 Å². The van der Waals surface area contributed by atoms with Crippen LogP contribution in [-0.2, 0) is 14.3 Å². The van der Waals surface area contributed by atoms with Crippen LogP contribution in [0.15, 0.2) is 70.1 Å². The van der Waals surface area contributed by atoms with Gasteiger partial charge in [0, 0.05) is 7.11 Å². The number of benzene rings is 2. The molecule has 2 heterocycles. The number of esters is 1. The fraction of sp³-hybridized carbons (Fsp3) is 0.300. The highest BCUT2D eigenvalue weighted by Crippen LogP contribution is 2.36. The number of ether oxygens (including phenoxy) is 6. The summed E-state index contributed by atoms with van der Waals surface area (Å²) in [7, 11) is 6.15. The minimum absolute atomic E-state index is 0.0558. The molecule has 1 aromatic heterocycles. The molecule has 0 saturated carbocycles. The molecule has 4 rings (SSSR count). The predicted octanol–water partition coefficient (Wildman–Crippen LogP) is 3.02. The van der Waals surface area contributed by atoms with E-state index in [4.69, 9.17) is 28.4 Å². The average molecular weight is 581 g/mol. The van der Waals surface area contributed by atoms with Crippen LogP contribution in [0.1, 0.15) is 24.1 Å². The number of hydrogen-bond donors (Lipinski definition) is 0. The molecule has 0 fully saturated rings. The molecule has 0 bridgehead atoms. The van der Waals surface area contributed by atoms with Gasteiger partial charge in [-0.25, -0.2) is 9.79 Å². The number of hydrogen-bond acceptors (Lipinski definition) is 10. The highest BCUT2D eigenvalue weighted by atomic mass is 32.1. The molecule has 0 spiro atoms. The van der Waals surface area contributed by atoms with Crippen LogP contribution >= 0.6 is 11.3 Å². The van der Waals surface area contributed by atoms with Crippen molar-refractivity contribution in [3.8, 4) is 23.0 Å². The molecule has 0 N–H and O–H groups in total. The normalized spacial score (nSPS) is 14.7. The fourth-order valence-corrected chi connectivity index (χ4v) is 5.46. The third-order valence-electron chi connectivity index (χ3n) is 6.33. The Bertz CT molecular complexity index is 1650. The summed E-state index contributed by atoms with van der Waals surface area (Å²) in [5.74, 6) is 1.47. The Labute approximate surface area is 241 Å². The summed E-state index contributed by atoms with van der Waals surface area (Å²) in [6, 6.07) is 9.83. The van der Waals surface area contributed by atoms with E-state index in [2.05, 4.69) is 11.6 Å². The Balaban J connectivity index is 1.89. The van der Waals surface area contributed by atoms with E-state index in [1.807, 2.05) is 6.07 Å². The number of carbonyl (C=O) groups is 1. The number of fused-ring (bicyclic) bond motifs is 1. The molecule has 0 saturated heterocycles. The Morgan fingerprint density at radius 1 is 1.00 bits per heavy atom. The zero-order valence-electron chi connectivity index (χ0n) is 23.6. The summed E-state index contributed by atoms with van der Waals surface area (Å²) in [6.45, 7) is 5.98. The highest BCUT2D eigenvalue weighted by Gasteiger charge is 2.34. The largest absolute Gasteiger partial charge is 0.493 e. The van der Waals surface area contributed by atoms with Crippen LogP contribution in [0, 0.1) is 0 Å². The predicted molar refractivity (Wildman–Crippen MR) is 155 cm³/mol. The molecule has 1 atom stereocenters. The topological polar surface area (TPSA) is 107 Å². The Morgan fingerprint density at radius 3 is 2.39 bits per heavy atom. The zero-order valence-corrected chi connectivity index (χ0v) is 24.4. The molecule has 2 aromatic carbocycles. The summed E-state index contributed by atoms with van der Waals surface area (Å²) in [6.07, 6.45) is 3.38. The molecule has 0 aliphatic carbocycles. The summed E-state index contributed by atoms with van der Waals surface area (Å²) in [5.41, 5.74) is 1.74. The van der Waals surface area contributed by atoms with Gasteiger partial charge in [0.15, 0.2) is 27.8 Å². The monoisotopic (exact) mass is 580 g/mol. The van der Waals surface area contributed by atoms with E-state index in [0.717, 1.165) is 5.56 Å². The summed E-state index contributed by atoms with van der Waals surface area (Å²) >= 11 is 1.22. The molecule has 0 amide bonds. The molecule has 1 aliphatic rings. The second kappa shape index (κ2) is 13.3. The quantitative estimate of drug-likeness (QED) is 0.183. The van der Waals surface area contributed by atoms with Crippen LogP contribution in [0.5, 0.6) is 23.0 Å². The van der Waals surface area contributed by atoms with Crippen LogP contribution in [0.3, 0.4) is 0 Å². The second-order valence-corrected chi connectivity index (χ2v) is 9.84. The first kappa shape index (κ1) is 29.6. The maximum absolute atomic E-state index is 13.9. The van der Waals surface area contributed by atoms with E-state index in [1.165, 1.54) is 30.1 Å². The maximum Gasteiger partial charge on any atom is 0.338 e. The molecule has 1 unspecified atom stereocenters. The minimum atomic E-state index is -0.823. The summed E-state index contributed by atoms with van der Waals surface area (Å²) in [4.78, 5) is 32.4. The van der Waals surface area contributed by atoms with Crippen LogP contribution < -0.4 is 33.8 Å². The maximum atomic E-state index is 13.9. The lowest BCUT2D eigenvalue weighted by Gasteiger charge is -2.25. The van der Waals surface area contributed by atoms with Crippen molar-refractivity contribution in [3.05, 3.63) is 91.1 Å². The van der Waals surface area contributed by atoms with E-state index in [9.17, 15) is 9.59 Å². The first-order valence-electron chi connectivity index (χ1n) is 12.7. The van der Waals surface area contributed by atoms with Crippen molar-refractivity contribution in [2.75, 3.05) is 48.3 Å². The molecule has 1 aliphatic heterocycles. The van der Waals surface area contributed by atoms with Crippen molar-refractivity contribution in [3.63, 3.8) is 0 Å². The number of aromatic nitrogens is 1. The SMILES string of the molecule is C=CCOc1ccc(C2C(C(=O)OCCOC)=C(C)N=c3s/c(=C\c4ccc(OC)c(OC)c4)c(=O)n32)cc1OC. The standard InChI is InChI=1S/C30H32N2O8S/c1-7-12-39-22-11-9-20(17-24(22)38-6)27-26(29(34)40-14-13-35-3)18(2)31-30-32(27)28(33)25(41-30)16-19-8-10-21(36-4)23(15-19)37-5/h7-11,15-17,27H,1,12-14H2,2-6H3/b25-16-. The van der Waals surface area contributed by atoms with Gasteiger partial charge in [0.2, 0.25) is 0 Å². The van der Waals surface area contributed by atoms with Crippen molar-refractivity contribution in [2.45, 2.75) is 13.0 Å². The molecule has 3 aromatic rings. The number of rotatable bonds is 12. The first-order chi connectivity index (χ1) is 19.9. The average Bonchev–Trinajstić information content (AvgIpc) is 3.28. The third kappa shape index (κ3) is 6.21. The van der Waals surface area contributed by atoms with Gasteiger partial charge in [-0.1, -0.05) is 36.1 Å². The van der Waals surface area contributed by atoms with Crippen LogP contribution in [-0.4, -0.2) is 58.8 Å². The number of allylic oxidation sites excluding steroid dienone is 1. The van der Waals surface area contributed by atoms with Gasteiger partial charge in [0.05, 0.1) is 49.8 Å². The van der Waals surface area contributed by atoms with Gasteiger partial charge >= 0.3 is 5.97 Å². The van der Waals surface area contributed by atoms with Gasteiger partial charge in [0.25, 0.3) is 5.56 Å². The van der Waals surface area contributed by atoms with Gasteiger partial charge in [-0.3, -0.25) is 9.36 Å². The summed E-state index contributed by atoms with van der Waals surface area (Å²) in [5, 5.41) is 0. The Hall–Kier alpha value is -4.35. The van der Waals surface area contributed by atoms with Gasteiger partial charge < -0.3 is 28.4 Å². The number of nitrogens with zero attached hydrogens (tertiary/aromatic N) is 2. The molecule has 10 nitrogen and oxygen atoms in total. The molecule has 216 valence electrons. The van der Waals surface area contributed by atoms with Crippen molar-refractivity contribution < 1.29 is 33.2 Å². The third-order valence-corrected chi connectivity index (χ3v) is 7.31. The van der Waals surface area contributed by atoms with Crippen LogP contribution in [0.2, 0.25) is 0 Å². The van der Waals surface area contributed by atoms with Crippen molar-refractivity contribution >= 4 is 23.4 Å². The van der Waals surface area contributed by atoms with E-state index in [1.54, 1.807) is 63.6 Å². The molecule has 11 heteroatoms. The molecule has 0 radical (unpaired) electrons. The number of methoxy groups -OCH3 is 4. The van der Waals surface area contributed by atoms with Crippen molar-refractivity contribution in [1.29, 1.82) is 0 Å². The zero-order chi connectivity index (χ0) is 29.5. The lowest BCUT2D eigenvalue weighted by molar-refractivity contribution is -0.140. The van der Waals surface area contributed by atoms with Crippen LogP contribution in [0.25, 0.3) is 6.08 Å². The van der Waals surface area contributed by atoms with Gasteiger partial charge in [-0.2, -0.15) is 0 Å². The van der Waals surface area contributed by atoms with Crippen LogP contribution in [0.4, 0.5) is 0 Å². The van der Waals surface area contributed by atoms with Crippen molar-refractivity contribution in [2.24, 2.45) is 4.99 Å². The van der Waals surface area contributed by atoms with Gasteiger partial charge in [-0.15, -0.1) is 0 Å². The minimum Gasteiger partial charge on any atom is -0.493 e. The second-order valence-electron chi connectivity index (χ2n) is 8.83.